The summed E-state index contributed by atoms with van der Waals surface area (Å²) in [5.41, 5.74) is 0. The van der Waals surface area contributed by atoms with Gasteiger partial charge in [-0.25, -0.2) is 0 Å². The maximum absolute atomic E-state index is 11.5. The zero-order chi connectivity index (χ0) is 8.31. The van der Waals surface area contributed by atoms with Crippen LogP contribution in [0, 0.1) is 0 Å². The number of aliphatic hydroxyl groups is 3. The predicted molar refractivity (Wildman–Crippen MR) is 29.8 cm³/mol. The highest BCUT2D eigenvalue weighted by molar-refractivity contribution is 5.73. The Morgan fingerprint density at radius 2 is 1.80 bits per heavy atom. The Morgan fingerprint density at radius 3 is 1.90 bits per heavy atom. The molecule has 3 N–H and O–H groups in total. The van der Waals surface area contributed by atoms with Crippen molar-refractivity contribution >= 4 is 6.04 Å². The maximum Gasteiger partial charge on any atom is 0.332 e. The number of hydrogen-bond donors (Lipinski definition) is 3. The molecule has 0 radical (unpaired) electrons. The van der Waals surface area contributed by atoms with Crippen molar-refractivity contribution in [2.75, 3.05) is 0 Å². The SMILES string of the molecule is CC(O)C(O)C(O)C(=O)F. The highest BCUT2D eigenvalue weighted by Gasteiger charge is 2.27. The molecule has 0 spiro atoms. The zero-order valence-corrected chi connectivity index (χ0v) is 5.36. The first-order valence-electron chi connectivity index (χ1n) is 2.70. The minimum atomic E-state index is -2.14. The van der Waals surface area contributed by atoms with Gasteiger partial charge in [0.05, 0.1) is 6.10 Å². The largest absolute Gasteiger partial charge is 0.391 e. The maximum atomic E-state index is 11.5. The molecule has 0 aliphatic heterocycles. The molecule has 0 bridgehead atoms. The average molecular weight is 152 g/mol. The lowest BCUT2D eigenvalue weighted by atomic mass is 10.1. The van der Waals surface area contributed by atoms with Gasteiger partial charge in [-0.15, -0.1) is 0 Å². The molecule has 0 saturated carbocycles. The number of rotatable bonds is 3. The van der Waals surface area contributed by atoms with E-state index in [0.29, 0.717) is 0 Å². The third kappa shape index (κ3) is 2.38. The van der Waals surface area contributed by atoms with Gasteiger partial charge in [0, 0.05) is 0 Å². The summed E-state index contributed by atoms with van der Waals surface area (Å²) in [4.78, 5) is 9.70. The smallest absolute Gasteiger partial charge is 0.332 e. The fraction of sp³-hybridized carbons (Fsp3) is 0.800. The zero-order valence-electron chi connectivity index (χ0n) is 5.36. The van der Waals surface area contributed by atoms with E-state index in [1.165, 1.54) is 0 Å². The summed E-state index contributed by atoms with van der Waals surface area (Å²) >= 11 is 0. The van der Waals surface area contributed by atoms with E-state index >= 15 is 0 Å². The first-order valence-corrected chi connectivity index (χ1v) is 2.70. The molecule has 10 heavy (non-hydrogen) atoms. The van der Waals surface area contributed by atoms with Crippen molar-refractivity contribution < 1.29 is 24.5 Å². The summed E-state index contributed by atoms with van der Waals surface area (Å²) in [5.74, 6) is 0. The summed E-state index contributed by atoms with van der Waals surface area (Å²) in [5, 5.41) is 25.5. The van der Waals surface area contributed by atoms with E-state index in [2.05, 4.69) is 0 Å². The Hall–Kier alpha value is -0.520. The minimum Gasteiger partial charge on any atom is -0.391 e. The van der Waals surface area contributed by atoms with Crippen LogP contribution >= 0.6 is 0 Å². The molecule has 60 valence electrons. The van der Waals surface area contributed by atoms with Crippen LogP contribution in [-0.4, -0.2) is 39.7 Å². The molecule has 3 unspecified atom stereocenters. The highest BCUT2D eigenvalue weighted by Crippen LogP contribution is 2.00. The lowest BCUT2D eigenvalue weighted by Gasteiger charge is -2.15. The molecule has 0 aliphatic rings. The summed E-state index contributed by atoms with van der Waals surface area (Å²) in [6.45, 7) is 1.14. The molecule has 0 heterocycles. The Bertz CT molecular complexity index is 125. The lowest BCUT2D eigenvalue weighted by molar-refractivity contribution is -0.148. The first kappa shape index (κ1) is 9.48. The Morgan fingerprint density at radius 1 is 1.40 bits per heavy atom. The van der Waals surface area contributed by atoms with Crippen molar-refractivity contribution in [1.82, 2.24) is 0 Å². The number of carbonyl (C=O) groups is 1. The number of halogens is 1. The van der Waals surface area contributed by atoms with Crippen LogP contribution in [0.1, 0.15) is 6.92 Å². The Balaban J connectivity index is 3.94. The van der Waals surface area contributed by atoms with Crippen LogP contribution in [0.15, 0.2) is 0 Å². The van der Waals surface area contributed by atoms with Gasteiger partial charge in [-0.2, -0.15) is 4.39 Å². The third-order valence-corrected chi connectivity index (χ3v) is 1.05. The van der Waals surface area contributed by atoms with Gasteiger partial charge in [0.15, 0.2) is 6.10 Å². The molecular weight excluding hydrogens is 143 g/mol. The monoisotopic (exact) mass is 152 g/mol. The van der Waals surface area contributed by atoms with E-state index in [1.54, 1.807) is 0 Å². The van der Waals surface area contributed by atoms with E-state index in [0.717, 1.165) is 6.92 Å². The van der Waals surface area contributed by atoms with Crippen LogP contribution in [0.2, 0.25) is 0 Å². The summed E-state index contributed by atoms with van der Waals surface area (Å²) < 4.78 is 11.5. The van der Waals surface area contributed by atoms with Crippen molar-refractivity contribution in [1.29, 1.82) is 0 Å². The van der Waals surface area contributed by atoms with Crippen LogP contribution in [0.4, 0.5) is 4.39 Å². The van der Waals surface area contributed by atoms with Crippen molar-refractivity contribution in [3.05, 3.63) is 0 Å². The molecule has 3 atom stereocenters. The van der Waals surface area contributed by atoms with E-state index in [4.69, 9.17) is 15.3 Å². The van der Waals surface area contributed by atoms with Gasteiger partial charge >= 0.3 is 6.04 Å². The fourth-order valence-corrected chi connectivity index (χ4v) is 0.398. The molecule has 0 fully saturated rings. The van der Waals surface area contributed by atoms with Gasteiger partial charge in [0.25, 0.3) is 0 Å². The van der Waals surface area contributed by atoms with Gasteiger partial charge < -0.3 is 15.3 Å². The van der Waals surface area contributed by atoms with E-state index in [1.807, 2.05) is 0 Å². The molecule has 0 saturated heterocycles. The molecule has 5 heteroatoms. The average Bonchev–Trinajstić information content (AvgIpc) is 1.84. The van der Waals surface area contributed by atoms with Crippen molar-refractivity contribution in [3.63, 3.8) is 0 Å². The molecule has 0 aliphatic carbocycles. The van der Waals surface area contributed by atoms with Crippen molar-refractivity contribution in [2.45, 2.75) is 25.2 Å². The molecular formula is C5H9FO4. The van der Waals surface area contributed by atoms with Crippen molar-refractivity contribution in [3.8, 4) is 0 Å². The molecule has 0 aromatic heterocycles. The standard InChI is InChI=1S/C5H9FO4/c1-2(7)3(8)4(9)5(6)10/h2-4,7-9H,1H3. The molecule has 0 aromatic rings. The van der Waals surface area contributed by atoms with E-state index in [9.17, 15) is 9.18 Å². The quantitative estimate of drug-likeness (QED) is 0.434. The normalized spacial score (nSPS) is 19.7. The second-order valence-electron chi connectivity index (χ2n) is 1.98. The lowest BCUT2D eigenvalue weighted by Crippen LogP contribution is -2.39. The Labute approximate surface area is 56.9 Å². The molecule has 0 amide bonds. The fourth-order valence-electron chi connectivity index (χ4n) is 0.398. The van der Waals surface area contributed by atoms with Crippen LogP contribution < -0.4 is 0 Å². The van der Waals surface area contributed by atoms with Gasteiger partial charge in [0.1, 0.15) is 6.10 Å². The first-order chi connectivity index (χ1) is 4.46. The van der Waals surface area contributed by atoms with E-state index in [-0.39, 0.29) is 0 Å². The number of carbonyl (C=O) groups excluding carboxylic acids is 1. The highest BCUT2D eigenvalue weighted by atomic mass is 19.1. The second kappa shape index (κ2) is 3.60. The van der Waals surface area contributed by atoms with Crippen LogP contribution in [0.25, 0.3) is 0 Å². The predicted octanol–water partition coefficient (Wildman–Crippen LogP) is -1.41. The van der Waals surface area contributed by atoms with Gasteiger partial charge in [-0.1, -0.05) is 0 Å². The summed E-state index contributed by atoms with van der Waals surface area (Å²) in [7, 11) is 0. The van der Waals surface area contributed by atoms with Crippen LogP contribution in [-0.2, 0) is 4.79 Å². The molecule has 0 rings (SSSR count). The van der Waals surface area contributed by atoms with Crippen LogP contribution in [0.3, 0.4) is 0 Å². The summed E-state index contributed by atoms with van der Waals surface area (Å²) in [6.07, 6.45) is -5.22. The number of aliphatic hydroxyl groups excluding tert-OH is 3. The van der Waals surface area contributed by atoms with Crippen LogP contribution in [0.5, 0.6) is 0 Å². The third-order valence-electron chi connectivity index (χ3n) is 1.05. The Kier molecular flexibility index (Phi) is 3.41. The minimum absolute atomic E-state index is 1.14. The van der Waals surface area contributed by atoms with Gasteiger partial charge in [-0.05, 0) is 6.92 Å². The van der Waals surface area contributed by atoms with Gasteiger partial charge in [0.2, 0.25) is 0 Å². The molecule has 4 nitrogen and oxygen atoms in total. The molecule has 0 aromatic carbocycles. The van der Waals surface area contributed by atoms with E-state index < -0.39 is 24.3 Å². The number of hydrogen-bond acceptors (Lipinski definition) is 4. The summed E-state index contributed by atoms with van der Waals surface area (Å²) in [6, 6.07) is -2.05. The topological polar surface area (TPSA) is 77.8 Å². The van der Waals surface area contributed by atoms with Crippen molar-refractivity contribution in [2.24, 2.45) is 0 Å². The van der Waals surface area contributed by atoms with Gasteiger partial charge in [-0.3, -0.25) is 4.79 Å². The second-order valence-corrected chi connectivity index (χ2v) is 1.98.